The monoisotopic (exact) mass is 404 g/mol. The van der Waals surface area contributed by atoms with Crippen molar-refractivity contribution in [1.82, 2.24) is 14.8 Å². The molecule has 2 fully saturated rings. The van der Waals surface area contributed by atoms with Gasteiger partial charge in [-0.25, -0.2) is 4.98 Å². The van der Waals surface area contributed by atoms with E-state index in [1.165, 1.54) is 0 Å². The number of aromatic nitrogens is 1. The van der Waals surface area contributed by atoms with Crippen molar-refractivity contribution in [3.05, 3.63) is 24.4 Å². The summed E-state index contributed by atoms with van der Waals surface area (Å²) >= 11 is 0. The number of aliphatic hydroxyl groups is 1. The molecule has 2 saturated heterocycles. The molecule has 0 spiro atoms. The minimum atomic E-state index is -0.741. The number of carbonyl (C=O) groups excluding carboxylic acids is 2. The summed E-state index contributed by atoms with van der Waals surface area (Å²) in [5.74, 6) is 0.453. The van der Waals surface area contributed by atoms with Gasteiger partial charge in [0.1, 0.15) is 5.82 Å². The molecule has 29 heavy (non-hydrogen) atoms. The van der Waals surface area contributed by atoms with E-state index >= 15 is 0 Å². The molecule has 2 aliphatic heterocycles. The number of amides is 2. The van der Waals surface area contributed by atoms with Crippen LogP contribution in [0.25, 0.3) is 0 Å². The Bertz CT molecular complexity index is 666. The van der Waals surface area contributed by atoms with Crippen LogP contribution in [0.4, 0.5) is 5.82 Å². The lowest BCUT2D eigenvalue weighted by molar-refractivity contribution is -0.131. The summed E-state index contributed by atoms with van der Waals surface area (Å²) in [7, 11) is 0. The van der Waals surface area contributed by atoms with E-state index in [0.29, 0.717) is 64.3 Å². The van der Waals surface area contributed by atoms with E-state index in [9.17, 15) is 14.7 Å². The maximum atomic E-state index is 12.6. The van der Waals surface area contributed by atoms with Crippen LogP contribution in [0.15, 0.2) is 24.4 Å². The van der Waals surface area contributed by atoms with Crippen LogP contribution < -0.4 is 5.32 Å². The van der Waals surface area contributed by atoms with Gasteiger partial charge in [0.25, 0.3) is 0 Å². The van der Waals surface area contributed by atoms with Crippen LogP contribution in [-0.2, 0) is 14.3 Å². The van der Waals surface area contributed by atoms with Gasteiger partial charge < -0.3 is 20.1 Å². The molecule has 1 aromatic heterocycles. The fraction of sp³-hybridized carbons (Fsp3) is 0.667. The summed E-state index contributed by atoms with van der Waals surface area (Å²) in [6.07, 6.45) is 4.86. The zero-order chi connectivity index (χ0) is 20.5. The highest BCUT2D eigenvalue weighted by molar-refractivity contribution is 5.90. The van der Waals surface area contributed by atoms with Crippen LogP contribution in [0.1, 0.15) is 38.5 Å². The van der Waals surface area contributed by atoms with Gasteiger partial charge >= 0.3 is 0 Å². The van der Waals surface area contributed by atoms with Crippen molar-refractivity contribution in [2.45, 2.75) is 44.1 Å². The number of nitrogens with one attached hydrogen (secondary N) is 1. The molecule has 3 heterocycles. The second-order valence-corrected chi connectivity index (χ2v) is 7.96. The standard InChI is InChI=1S/C21H32N4O4/c26-19(23-18-5-1-2-10-22-18)6-3-7-20(27)25-11-4-8-21(28,9-12-25)17-24-13-15-29-16-14-24/h1-2,5,10,28H,3-4,6-9,11-17H2,(H,22,23,26)/t21-/m0/s1. The van der Waals surface area contributed by atoms with Crippen LogP contribution in [0.5, 0.6) is 0 Å². The zero-order valence-electron chi connectivity index (χ0n) is 17.0. The number of β-amino-alcohol motifs (C(OH)–C–C–N with tert-alkyl or cyclic N) is 1. The molecule has 0 aliphatic carbocycles. The molecule has 0 bridgehead atoms. The molecule has 8 nitrogen and oxygen atoms in total. The number of carbonyl (C=O) groups is 2. The Morgan fingerprint density at radius 3 is 2.72 bits per heavy atom. The Morgan fingerprint density at radius 2 is 1.97 bits per heavy atom. The molecule has 8 heteroatoms. The van der Waals surface area contributed by atoms with Crippen molar-refractivity contribution in [3.8, 4) is 0 Å². The van der Waals surface area contributed by atoms with Crippen molar-refractivity contribution in [3.63, 3.8) is 0 Å². The first kappa shape index (κ1) is 21.7. The van der Waals surface area contributed by atoms with Crippen molar-refractivity contribution >= 4 is 17.6 Å². The average Bonchev–Trinajstić information content (AvgIpc) is 2.91. The Labute approximate surface area is 172 Å². The first-order valence-corrected chi connectivity index (χ1v) is 10.6. The second-order valence-electron chi connectivity index (χ2n) is 7.96. The van der Waals surface area contributed by atoms with Crippen LogP contribution in [0.2, 0.25) is 0 Å². The van der Waals surface area contributed by atoms with Crippen LogP contribution in [0.3, 0.4) is 0 Å². The van der Waals surface area contributed by atoms with Gasteiger partial charge in [0.2, 0.25) is 11.8 Å². The van der Waals surface area contributed by atoms with Gasteiger partial charge in [-0.2, -0.15) is 0 Å². The number of likely N-dealkylation sites (tertiary alicyclic amines) is 1. The maximum Gasteiger partial charge on any atom is 0.225 e. The highest BCUT2D eigenvalue weighted by Gasteiger charge is 2.33. The second kappa shape index (κ2) is 10.7. The number of anilines is 1. The first-order chi connectivity index (χ1) is 14.0. The van der Waals surface area contributed by atoms with Gasteiger partial charge in [-0.15, -0.1) is 0 Å². The van der Waals surface area contributed by atoms with E-state index in [0.717, 1.165) is 19.5 Å². The third kappa shape index (κ3) is 7.06. The summed E-state index contributed by atoms with van der Waals surface area (Å²) in [6.45, 7) is 5.02. The van der Waals surface area contributed by atoms with Crippen molar-refractivity contribution in [2.75, 3.05) is 51.3 Å². The zero-order valence-corrected chi connectivity index (χ0v) is 17.0. The molecule has 2 aliphatic rings. The lowest BCUT2D eigenvalue weighted by atomic mass is 9.94. The molecule has 2 N–H and O–H groups in total. The Kier molecular flexibility index (Phi) is 7.97. The van der Waals surface area contributed by atoms with Gasteiger partial charge in [-0.05, 0) is 37.8 Å². The number of rotatable bonds is 7. The SMILES string of the molecule is O=C(CCCC(=O)N1CCC[C@@](O)(CN2CCOCC2)CC1)Nc1ccccn1. The molecule has 2 amide bonds. The van der Waals surface area contributed by atoms with E-state index in [2.05, 4.69) is 15.2 Å². The van der Waals surface area contributed by atoms with Crippen LogP contribution in [0, 0.1) is 0 Å². The van der Waals surface area contributed by atoms with Gasteiger partial charge in [-0.1, -0.05) is 6.07 Å². The van der Waals surface area contributed by atoms with Gasteiger partial charge in [0.05, 0.1) is 18.8 Å². The summed E-state index contributed by atoms with van der Waals surface area (Å²) in [4.78, 5) is 32.7. The highest BCUT2D eigenvalue weighted by atomic mass is 16.5. The number of pyridine rings is 1. The lowest BCUT2D eigenvalue weighted by Crippen LogP contribution is -2.48. The molecular weight excluding hydrogens is 372 g/mol. The third-order valence-corrected chi connectivity index (χ3v) is 5.62. The molecule has 0 unspecified atom stereocenters. The first-order valence-electron chi connectivity index (χ1n) is 10.6. The minimum absolute atomic E-state index is 0.0614. The summed E-state index contributed by atoms with van der Waals surface area (Å²) in [5.41, 5.74) is -0.741. The summed E-state index contributed by atoms with van der Waals surface area (Å²) in [6, 6.07) is 5.33. The molecule has 0 aromatic carbocycles. The van der Waals surface area contributed by atoms with E-state index in [1.54, 1.807) is 18.3 Å². The molecule has 3 rings (SSSR count). The van der Waals surface area contributed by atoms with Gasteiger partial charge in [-0.3, -0.25) is 14.5 Å². The van der Waals surface area contributed by atoms with Gasteiger partial charge in [0, 0.05) is 51.8 Å². The molecule has 0 radical (unpaired) electrons. The largest absolute Gasteiger partial charge is 0.388 e. The van der Waals surface area contributed by atoms with Gasteiger partial charge in [0.15, 0.2) is 0 Å². The molecular formula is C21H32N4O4. The predicted molar refractivity (Wildman–Crippen MR) is 109 cm³/mol. The molecule has 160 valence electrons. The smallest absolute Gasteiger partial charge is 0.225 e. The number of hydrogen-bond acceptors (Lipinski definition) is 6. The molecule has 1 atom stereocenters. The Morgan fingerprint density at radius 1 is 1.14 bits per heavy atom. The Balaban J connectivity index is 1.38. The van der Waals surface area contributed by atoms with E-state index in [-0.39, 0.29) is 18.2 Å². The van der Waals surface area contributed by atoms with Crippen LogP contribution >= 0.6 is 0 Å². The van der Waals surface area contributed by atoms with E-state index in [1.807, 2.05) is 11.0 Å². The molecule has 1 aromatic rings. The number of hydrogen-bond donors (Lipinski definition) is 2. The summed E-state index contributed by atoms with van der Waals surface area (Å²) in [5, 5.41) is 13.7. The fourth-order valence-corrected chi connectivity index (χ4v) is 3.96. The van der Waals surface area contributed by atoms with Crippen LogP contribution in [-0.4, -0.2) is 83.2 Å². The number of nitrogens with zero attached hydrogens (tertiary/aromatic N) is 3. The molecule has 0 saturated carbocycles. The van der Waals surface area contributed by atoms with Crippen molar-refractivity contribution in [1.29, 1.82) is 0 Å². The third-order valence-electron chi connectivity index (χ3n) is 5.62. The fourth-order valence-electron chi connectivity index (χ4n) is 3.96. The average molecular weight is 405 g/mol. The lowest BCUT2D eigenvalue weighted by Gasteiger charge is -2.35. The maximum absolute atomic E-state index is 12.6. The minimum Gasteiger partial charge on any atom is -0.388 e. The highest BCUT2D eigenvalue weighted by Crippen LogP contribution is 2.24. The predicted octanol–water partition coefficient (Wildman–Crippen LogP) is 1.27. The normalized spacial score (nSPS) is 23.4. The quantitative estimate of drug-likeness (QED) is 0.711. The van der Waals surface area contributed by atoms with E-state index < -0.39 is 5.60 Å². The number of ether oxygens (including phenoxy) is 1. The summed E-state index contributed by atoms with van der Waals surface area (Å²) < 4.78 is 5.37. The van der Waals surface area contributed by atoms with E-state index in [4.69, 9.17) is 4.74 Å². The van der Waals surface area contributed by atoms with Crippen molar-refractivity contribution < 1.29 is 19.4 Å². The Hall–Kier alpha value is -2.03. The van der Waals surface area contributed by atoms with Crippen molar-refractivity contribution in [2.24, 2.45) is 0 Å². The topological polar surface area (TPSA) is 95.0 Å². The number of morpholine rings is 1.